The van der Waals surface area contributed by atoms with Crippen molar-refractivity contribution in [2.24, 2.45) is 0 Å². The second kappa shape index (κ2) is 13.8. The van der Waals surface area contributed by atoms with Gasteiger partial charge in [-0.05, 0) is 61.0 Å². The zero-order chi connectivity index (χ0) is 42.3. The zero-order valence-electron chi connectivity index (χ0n) is 34.1. The van der Waals surface area contributed by atoms with E-state index in [0.717, 1.165) is 71.3 Å². The number of hydrogen-bond acceptors (Lipinski definition) is 3. The molecule has 63 heavy (non-hydrogen) atoms. The van der Waals surface area contributed by atoms with Crippen LogP contribution >= 0.6 is 0 Å². The van der Waals surface area contributed by atoms with E-state index in [1.165, 1.54) is 0 Å². The van der Waals surface area contributed by atoms with Crippen molar-refractivity contribution in [3.05, 3.63) is 204 Å². The summed E-state index contributed by atoms with van der Waals surface area (Å²) >= 11 is 0. The molecule has 0 bridgehead atoms. The average molecular weight is 803 g/mol. The number of hydrogen-bond donors (Lipinski definition) is 0. The molecule has 6 nitrogen and oxygen atoms in total. The minimum Gasteiger partial charge on any atom is -0.323 e. The van der Waals surface area contributed by atoms with Gasteiger partial charge in [0.15, 0.2) is 0 Å². The Kier molecular flexibility index (Phi) is 7.88. The SMILES string of the molecule is C#Cc1c(/C=C\C)c2ccccc2n1-c1c(C#N)c(N2c3c#cccc3C3C=CC=CC32)c(-n2c3ccccc3c3ccccc32)c(C#N)c1-n1c2ccccc2c2ccccc21. The van der Waals surface area contributed by atoms with Gasteiger partial charge in [-0.25, -0.2) is 0 Å². The van der Waals surface area contributed by atoms with Crippen LogP contribution in [0.2, 0.25) is 0 Å². The lowest BCUT2D eigenvalue weighted by molar-refractivity contribution is 0.742. The first-order chi connectivity index (χ1) is 31.2. The van der Waals surface area contributed by atoms with Gasteiger partial charge in [-0.3, -0.25) is 4.57 Å². The van der Waals surface area contributed by atoms with Crippen molar-refractivity contribution < 1.29 is 0 Å². The Morgan fingerprint density at radius 3 is 1.56 bits per heavy atom. The summed E-state index contributed by atoms with van der Waals surface area (Å²) in [6.07, 6.45) is 19.2. The monoisotopic (exact) mass is 802 g/mol. The fourth-order valence-electron chi connectivity index (χ4n) is 10.5. The Bertz CT molecular complexity index is 3720. The predicted octanol–water partition coefficient (Wildman–Crippen LogP) is 12.9. The Hall–Kier alpha value is -8.94. The van der Waals surface area contributed by atoms with Crippen LogP contribution in [0.4, 0.5) is 11.4 Å². The van der Waals surface area contributed by atoms with Gasteiger partial charge in [0.2, 0.25) is 0 Å². The molecule has 292 valence electrons. The van der Waals surface area contributed by atoms with Gasteiger partial charge in [0.1, 0.15) is 29.0 Å². The molecule has 0 fully saturated rings. The number of rotatable bonds is 5. The van der Waals surface area contributed by atoms with Crippen molar-refractivity contribution in [1.82, 2.24) is 13.7 Å². The third kappa shape index (κ3) is 4.84. The van der Waals surface area contributed by atoms with E-state index in [9.17, 15) is 10.5 Å². The van der Waals surface area contributed by atoms with Crippen LogP contribution in [0.1, 0.15) is 40.8 Å². The summed E-state index contributed by atoms with van der Waals surface area (Å²) in [5.74, 6) is 3.03. The fraction of sp³-hybridized carbons (Fsp3) is 0.0526. The summed E-state index contributed by atoms with van der Waals surface area (Å²) < 4.78 is 6.42. The van der Waals surface area contributed by atoms with Gasteiger partial charge in [-0.1, -0.05) is 139 Å². The van der Waals surface area contributed by atoms with Gasteiger partial charge in [0.05, 0.1) is 62.1 Å². The van der Waals surface area contributed by atoms with Crippen LogP contribution in [0.15, 0.2) is 164 Å². The summed E-state index contributed by atoms with van der Waals surface area (Å²) in [7, 11) is 0. The molecule has 6 heteroatoms. The summed E-state index contributed by atoms with van der Waals surface area (Å²) in [6, 6.07) is 57.4. The van der Waals surface area contributed by atoms with E-state index in [1.54, 1.807) is 0 Å². The van der Waals surface area contributed by atoms with E-state index in [0.29, 0.717) is 39.6 Å². The summed E-state index contributed by atoms with van der Waals surface area (Å²) in [6.45, 7) is 1.98. The average Bonchev–Trinajstić information content (AvgIpc) is 4.06. The van der Waals surface area contributed by atoms with Crippen LogP contribution in [-0.2, 0) is 0 Å². The van der Waals surface area contributed by atoms with Crippen molar-refractivity contribution in [3.63, 3.8) is 0 Å². The van der Waals surface area contributed by atoms with Crippen LogP contribution in [0.3, 0.4) is 0 Å². The first kappa shape index (κ1) is 36.0. The Labute approximate surface area is 364 Å². The molecule has 2 unspecified atom stereocenters. The third-order valence-electron chi connectivity index (χ3n) is 12.9. The zero-order valence-corrected chi connectivity index (χ0v) is 34.1. The van der Waals surface area contributed by atoms with Gasteiger partial charge in [-0.2, -0.15) is 10.5 Å². The molecular weight excluding hydrogens is 769 g/mol. The lowest BCUT2D eigenvalue weighted by Crippen LogP contribution is -2.31. The summed E-state index contributed by atoms with van der Waals surface area (Å²) in [5.41, 5.74) is 10.7. The van der Waals surface area contributed by atoms with E-state index in [1.807, 2.05) is 96.4 Å². The number of fused-ring (bicyclic) bond motifs is 10. The number of nitriles is 2. The lowest BCUT2D eigenvalue weighted by atomic mass is 9.91. The molecule has 1 aliphatic carbocycles. The minimum absolute atomic E-state index is 0.0469. The molecule has 12 rings (SSSR count). The first-order valence-electron chi connectivity index (χ1n) is 21.0. The molecule has 0 saturated carbocycles. The predicted molar refractivity (Wildman–Crippen MR) is 255 cm³/mol. The number of allylic oxidation sites excluding steroid dienone is 3. The van der Waals surface area contributed by atoms with Crippen LogP contribution in [0.25, 0.3) is 77.7 Å². The van der Waals surface area contributed by atoms with Gasteiger partial charge < -0.3 is 14.0 Å². The Balaban J connectivity index is 1.40. The number of benzene rings is 6. The smallest absolute Gasteiger partial charge is 0.105 e. The molecule has 2 aliphatic rings. The van der Waals surface area contributed by atoms with E-state index in [4.69, 9.17) is 6.42 Å². The number of terminal acetylenes is 1. The van der Waals surface area contributed by atoms with Crippen LogP contribution < -0.4 is 4.90 Å². The minimum atomic E-state index is -0.249. The first-order valence-corrected chi connectivity index (χ1v) is 21.0. The van der Waals surface area contributed by atoms with E-state index in [2.05, 4.69) is 129 Å². The highest BCUT2D eigenvalue weighted by Gasteiger charge is 2.43. The molecular formula is C57H34N6. The molecule has 0 radical (unpaired) electrons. The Morgan fingerprint density at radius 1 is 0.571 bits per heavy atom. The molecule has 1 aliphatic heterocycles. The van der Waals surface area contributed by atoms with Gasteiger partial charge in [0.25, 0.3) is 0 Å². The lowest BCUT2D eigenvalue weighted by Gasteiger charge is -2.33. The highest BCUT2D eigenvalue weighted by atomic mass is 15.2. The maximum atomic E-state index is 12.3. The van der Waals surface area contributed by atoms with Gasteiger partial charge in [-0.15, -0.1) is 6.42 Å². The topological polar surface area (TPSA) is 65.6 Å². The second-order valence-electron chi connectivity index (χ2n) is 15.9. The second-order valence-corrected chi connectivity index (χ2v) is 15.9. The standard InChI is InChI=1S/C57H34N6/c1-3-19-36-37-20-5-12-27-47(37)60(46(36)4-2)54-44(34-58)56(62-50-30-15-8-23-40(50)41-24-9-16-31-51(41)62)57(63-52-32-17-10-25-42(52)43-26-11-18-33-53(43)63)45(35-59)55(54)61-48-28-13-6-21-38(48)39-22-7-14-29-49(39)61/h2-3,5-15,17-30,32-33,40,50H,1H3/b19-3-. The largest absolute Gasteiger partial charge is 0.323 e. The summed E-state index contributed by atoms with van der Waals surface area (Å²) in [5, 5.41) is 29.6. The van der Waals surface area contributed by atoms with E-state index >= 15 is 0 Å². The molecule has 0 N–H and O–H groups in total. The van der Waals surface area contributed by atoms with E-state index in [-0.39, 0.29) is 12.0 Å². The molecule has 0 spiro atoms. The van der Waals surface area contributed by atoms with Gasteiger partial charge in [0, 0.05) is 38.4 Å². The molecule has 3 aromatic heterocycles. The van der Waals surface area contributed by atoms with Crippen LogP contribution in [-0.4, -0.2) is 19.7 Å². The molecule has 4 heterocycles. The van der Waals surface area contributed by atoms with Crippen molar-refractivity contribution >= 4 is 72.0 Å². The molecule has 2 atom stereocenters. The van der Waals surface area contributed by atoms with Crippen LogP contribution in [0, 0.1) is 47.1 Å². The highest BCUT2D eigenvalue weighted by molar-refractivity contribution is 6.13. The number of aromatic nitrogens is 3. The number of nitrogens with zero attached hydrogens (tertiary/aromatic N) is 6. The van der Waals surface area contributed by atoms with Crippen molar-refractivity contribution in [2.45, 2.75) is 18.9 Å². The molecule has 0 amide bonds. The number of para-hydroxylation sites is 5. The van der Waals surface area contributed by atoms with Gasteiger partial charge >= 0.3 is 0 Å². The number of anilines is 2. The maximum Gasteiger partial charge on any atom is 0.105 e. The Morgan fingerprint density at radius 2 is 1.03 bits per heavy atom. The fourth-order valence-corrected chi connectivity index (χ4v) is 10.5. The van der Waals surface area contributed by atoms with Crippen molar-refractivity contribution in [3.8, 4) is 41.5 Å². The molecule has 0 saturated heterocycles. The normalized spacial score (nSPS) is 15.3. The summed E-state index contributed by atoms with van der Waals surface area (Å²) in [4.78, 5) is 2.22. The van der Waals surface area contributed by atoms with E-state index < -0.39 is 0 Å². The van der Waals surface area contributed by atoms with Crippen molar-refractivity contribution in [2.75, 3.05) is 4.90 Å². The quantitative estimate of drug-likeness (QED) is 0.163. The third-order valence-corrected chi connectivity index (χ3v) is 12.9. The molecule has 10 aromatic rings. The maximum absolute atomic E-state index is 12.3. The highest BCUT2D eigenvalue weighted by Crippen LogP contribution is 2.54. The van der Waals surface area contributed by atoms with Crippen LogP contribution in [0.5, 0.6) is 0 Å². The van der Waals surface area contributed by atoms with Crippen molar-refractivity contribution in [1.29, 1.82) is 10.5 Å². The molecule has 7 aromatic carbocycles.